The molecule has 6 nitrogen and oxygen atoms in total. The fraction of sp³-hybridized carbons (Fsp3) is 0.444. The van der Waals surface area contributed by atoms with Crippen molar-refractivity contribution in [3.05, 3.63) is 17.8 Å². The van der Waals surface area contributed by atoms with E-state index >= 15 is 0 Å². The first kappa shape index (κ1) is 11.7. The van der Waals surface area contributed by atoms with Crippen LogP contribution < -0.4 is 16.2 Å². The predicted octanol–water partition coefficient (Wildman–Crippen LogP) is -0.975. The Morgan fingerprint density at radius 2 is 2.20 bits per heavy atom. The molecule has 2 atom stereocenters. The van der Waals surface area contributed by atoms with E-state index in [0.717, 1.165) is 0 Å². The SMILES string of the molecule is COc1ncc(C(O)C(O)CN)cc1N. The number of aliphatic hydroxyl groups excluding tert-OH is 2. The quantitative estimate of drug-likeness (QED) is 0.511. The summed E-state index contributed by atoms with van der Waals surface area (Å²) in [4.78, 5) is 3.88. The number of hydrogen-bond donors (Lipinski definition) is 4. The first-order valence-corrected chi connectivity index (χ1v) is 4.45. The zero-order valence-electron chi connectivity index (χ0n) is 8.42. The van der Waals surface area contributed by atoms with Gasteiger partial charge < -0.3 is 26.4 Å². The molecule has 0 aliphatic heterocycles. The molecule has 0 aliphatic rings. The minimum absolute atomic E-state index is 0.0346. The molecular weight excluding hydrogens is 198 g/mol. The van der Waals surface area contributed by atoms with Crippen molar-refractivity contribution in [3.63, 3.8) is 0 Å². The number of nitrogens with zero attached hydrogens (tertiary/aromatic N) is 1. The molecule has 2 unspecified atom stereocenters. The lowest BCUT2D eigenvalue weighted by atomic mass is 10.1. The van der Waals surface area contributed by atoms with Gasteiger partial charge in [0.15, 0.2) is 0 Å². The van der Waals surface area contributed by atoms with Gasteiger partial charge in [0.25, 0.3) is 0 Å². The number of hydrogen-bond acceptors (Lipinski definition) is 6. The fourth-order valence-electron chi connectivity index (χ4n) is 1.17. The highest BCUT2D eigenvalue weighted by molar-refractivity contribution is 5.49. The highest BCUT2D eigenvalue weighted by Crippen LogP contribution is 2.23. The first-order chi connectivity index (χ1) is 7.10. The maximum absolute atomic E-state index is 9.61. The van der Waals surface area contributed by atoms with Crippen LogP contribution in [0.3, 0.4) is 0 Å². The van der Waals surface area contributed by atoms with Crippen molar-refractivity contribution in [3.8, 4) is 5.88 Å². The molecule has 15 heavy (non-hydrogen) atoms. The van der Waals surface area contributed by atoms with Crippen molar-refractivity contribution in [2.75, 3.05) is 19.4 Å². The van der Waals surface area contributed by atoms with Gasteiger partial charge in [-0.2, -0.15) is 0 Å². The number of nitrogens with two attached hydrogens (primary N) is 2. The smallest absolute Gasteiger partial charge is 0.236 e. The number of methoxy groups -OCH3 is 1. The lowest BCUT2D eigenvalue weighted by molar-refractivity contribution is 0.0241. The van der Waals surface area contributed by atoms with Crippen LogP contribution in [0.25, 0.3) is 0 Å². The Morgan fingerprint density at radius 1 is 1.53 bits per heavy atom. The van der Waals surface area contributed by atoms with E-state index in [4.69, 9.17) is 16.2 Å². The summed E-state index contributed by atoms with van der Waals surface area (Å²) in [6, 6.07) is 1.50. The van der Waals surface area contributed by atoms with Crippen LogP contribution in [0.5, 0.6) is 5.88 Å². The summed E-state index contributed by atoms with van der Waals surface area (Å²) in [5, 5.41) is 18.9. The van der Waals surface area contributed by atoms with E-state index in [1.807, 2.05) is 0 Å². The second-order valence-electron chi connectivity index (χ2n) is 3.12. The van der Waals surface area contributed by atoms with Crippen molar-refractivity contribution in [2.45, 2.75) is 12.2 Å². The van der Waals surface area contributed by atoms with Crippen LogP contribution >= 0.6 is 0 Å². The van der Waals surface area contributed by atoms with Crippen LogP contribution in [-0.2, 0) is 0 Å². The Hall–Kier alpha value is -1.37. The molecule has 0 saturated heterocycles. The van der Waals surface area contributed by atoms with Crippen LogP contribution in [0.2, 0.25) is 0 Å². The monoisotopic (exact) mass is 213 g/mol. The van der Waals surface area contributed by atoms with Gasteiger partial charge in [0, 0.05) is 18.3 Å². The van der Waals surface area contributed by atoms with Gasteiger partial charge in [-0.3, -0.25) is 0 Å². The van der Waals surface area contributed by atoms with Gasteiger partial charge >= 0.3 is 0 Å². The molecular formula is C9H15N3O3. The van der Waals surface area contributed by atoms with E-state index in [0.29, 0.717) is 11.3 Å². The Labute approximate surface area is 87.5 Å². The molecule has 84 valence electrons. The number of anilines is 1. The van der Waals surface area contributed by atoms with Crippen molar-refractivity contribution >= 4 is 5.69 Å². The number of rotatable bonds is 4. The zero-order valence-corrected chi connectivity index (χ0v) is 8.42. The van der Waals surface area contributed by atoms with Gasteiger partial charge in [0.05, 0.1) is 18.9 Å². The van der Waals surface area contributed by atoms with Gasteiger partial charge in [0.2, 0.25) is 5.88 Å². The van der Waals surface area contributed by atoms with Gasteiger partial charge in [-0.25, -0.2) is 4.98 Å². The van der Waals surface area contributed by atoms with E-state index in [1.54, 1.807) is 0 Å². The van der Waals surface area contributed by atoms with Crippen molar-refractivity contribution in [2.24, 2.45) is 5.73 Å². The Kier molecular flexibility index (Phi) is 3.84. The second-order valence-corrected chi connectivity index (χ2v) is 3.12. The predicted molar refractivity (Wildman–Crippen MR) is 55.2 cm³/mol. The van der Waals surface area contributed by atoms with Crippen LogP contribution in [0, 0.1) is 0 Å². The van der Waals surface area contributed by atoms with E-state index in [2.05, 4.69) is 4.98 Å². The van der Waals surface area contributed by atoms with Crippen LogP contribution in [0.1, 0.15) is 11.7 Å². The number of pyridine rings is 1. The van der Waals surface area contributed by atoms with Gasteiger partial charge in [0.1, 0.15) is 6.10 Å². The topological polar surface area (TPSA) is 115 Å². The Balaban J connectivity index is 2.92. The zero-order chi connectivity index (χ0) is 11.4. The van der Waals surface area contributed by atoms with Crippen LogP contribution in [0.4, 0.5) is 5.69 Å². The van der Waals surface area contributed by atoms with Crippen molar-refractivity contribution in [1.29, 1.82) is 0 Å². The minimum atomic E-state index is -1.09. The molecule has 0 saturated carbocycles. The molecule has 0 bridgehead atoms. The molecule has 0 aliphatic carbocycles. The molecule has 6 heteroatoms. The largest absolute Gasteiger partial charge is 0.480 e. The lowest BCUT2D eigenvalue weighted by Gasteiger charge is -2.16. The summed E-state index contributed by atoms with van der Waals surface area (Å²) in [5.41, 5.74) is 11.5. The molecule has 0 amide bonds. The fourth-order valence-corrected chi connectivity index (χ4v) is 1.17. The standard InChI is InChI=1S/C9H15N3O3/c1-15-9-6(11)2-5(4-12-9)8(14)7(13)3-10/h2,4,7-8,13-14H,3,10-11H2,1H3. The molecule has 1 heterocycles. The van der Waals surface area contributed by atoms with Crippen LogP contribution in [-0.4, -0.2) is 35.0 Å². The second kappa shape index (κ2) is 4.92. The maximum atomic E-state index is 9.61. The molecule has 0 spiro atoms. The molecule has 0 radical (unpaired) electrons. The third kappa shape index (κ3) is 2.56. The van der Waals surface area contributed by atoms with E-state index in [9.17, 15) is 10.2 Å². The minimum Gasteiger partial charge on any atom is -0.480 e. The molecule has 1 aromatic rings. The highest BCUT2D eigenvalue weighted by Gasteiger charge is 2.18. The number of aliphatic hydroxyl groups is 2. The third-order valence-electron chi connectivity index (χ3n) is 2.04. The third-order valence-corrected chi connectivity index (χ3v) is 2.04. The Morgan fingerprint density at radius 3 is 2.67 bits per heavy atom. The summed E-state index contributed by atoms with van der Waals surface area (Å²) in [6.45, 7) is -0.0346. The van der Waals surface area contributed by atoms with E-state index < -0.39 is 12.2 Å². The van der Waals surface area contributed by atoms with Gasteiger partial charge in [-0.05, 0) is 6.07 Å². The highest BCUT2D eigenvalue weighted by atomic mass is 16.5. The number of aromatic nitrogens is 1. The number of ether oxygens (including phenoxy) is 1. The van der Waals surface area contributed by atoms with Gasteiger partial charge in [-0.15, -0.1) is 0 Å². The summed E-state index contributed by atoms with van der Waals surface area (Å²) in [5.74, 6) is 0.285. The van der Waals surface area contributed by atoms with Crippen molar-refractivity contribution in [1.82, 2.24) is 4.98 Å². The van der Waals surface area contributed by atoms with E-state index in [-0.39, 0.29) is 12.4 Å². The molecule has 0 fully saturated rings. The van der Waals surface area contributed by atoms with E-state index in [1.165, 1.54) is 19.4 Å². The summed E-state index contributed by atoms with van der Waals surface area (Å²) in [7, 11) is 1.45. The summed E-state index contributed by atoms with van der Waals surface area (Å²) in [6.07, 6.45) is -0.728. The molecule has 0 aromatic carbocycles. The average molecular weight is 213 g/mol. The first-order valence-electron chi connectivity index (χ1n) is 4.45. The Bertz CT molecular complexity index is 332. The molecule has 1 aromatic heterocycles. The van der Waals surface area contributed by atoms with Gasteiger partial charge in [-0.1, -0.05) is 0 Å². The summed E-state index contributed by atoms with van der Waals surface area (Å²) < 4.78 is 4.86. The molecule has 1 rings (SSSR count). The van der Waals surface area contributed by atoms with Crippen molar-refractivity contribution < 1.29 is 14.9 Å². The normalized spacial score (nSPS) is 14.7. The molecule has 6 N–H and O–H groups in total. The number of nitrogen functional groups attached to an aromatic ring is 1. The lowest BCUT2D eigenvalue weighted by Crippen LogP contribution is -2.27. The summed E-state index contributed by atoms with van der Waals surface area (Å²) >= 11 is 0. The maximum Gasteiger partial charge on any atom is 0.236 e. The van der Waals surface area contributed by atoms with Crippen LogP contribution in [0.15, 0.2) is 12.3 Å². The average Bonchev–Trinajstić information content (AvgIpc) is 2.26.